The zero-order chi connectivity index (χ0) is 21.5. The Labute approximate surface area is 187 Å². The van der Waals surface area contributed by atoms with Crippen molar-refractivity contribution in [2.75, 3.05) is 6.61 Å². The average Bonchev–Trinajstić information content (AvgIpc) is 3.05. The Bertz CT molecular complexity index is 620. The number of hydrogen-bond donors (Lipinski definition) is 0. The van der Waals surface area contributed by atoms with E-state index in [4.69, 9.17) is 4.74 Å². The molecule has 0 saturated heterocycles. The van der Waals surface area contributed by atoms with Gasteiger partial charge in [-0.2, -0.15) is 0 Å². The summed E-state index contributed by atoms with van der Waals surface area (Å²) in [6, 6.07) is 0. The van der Waals surface area contributed by atoms with Gasteiger partial charge in [-0.05, 0) is 105 Å². The van der Waals surface area contributed by atoms with Crippen LogP contribution < -0.4 is 0 Å². The van der Waals surface area contributed by atoms with Crippen molar-refractivity contribution in [3.05, 3.63) is 11.6 Å². The van der Waals surface area contributed by atoms with Crippen LogP contribution in [-0.4, -0.2) is 12.7 Å². The standard InChI is InChI=1S/C29H50O/c1-7-30-23-15-17-28(5)22(19-23)11-12-24-26-14-13-25(21(4)10-8-9-20(2)3)29(26,6)18-16-27(24)28/h11,20-21,23-27H,7-10,12-19H2,1-6H3/t21-,23?,24?,25-,26?,27?,28+,29-/m1/s1. The highest BCUT2D eigenvalue weighted by Gasteiger charge is 2.59. The van der Waals surface area contributed by atoms with Gasteiger partial charge in [-0.25, -0.2) is 0 Å². The highest BCUT2D eigenvalue weighted by Crippen LogP contribution is 2.67. The lowest BCUT2D eigenvalue weighted by molar-refractivity contribution is -0.0630. The van der Waals surface area contributed by atoms with Gasteiger partial charge in [0.15, 0.2) is 0 Å². The Balaban J connectivity index is 1.47. The van der Waals surface area contributed by atoms with Crippen LogP contribution >= 0.6 is 0 Å². The van der Waals surface area contributed by atoms with Crippen LogP contribution in [0.4, 0.5) is 0 Å². The molecule has 3 saturated carbocycles. The summed E-state index contributed by atoms with van der Waals surface area (Å²) in [7, 11) is 0. The largest absolute Gasteiger partial charge is 0.378 e. The van der Waals surface area contributed by atoms with E-state index in [9.17, 15) is 0 Å². The van der Waals surface area contributed by atoms with Crippen molar-refractivity contribution in [2.24, 2.45) is 46.3 Å². The normalized spacial score (nSPS) is 44.2. The Morgan fingerprint density at radius 2 is 1.80 bits per heavy atom. The van der Waals surface area contributed by atoms with Crippen molar-refractivity contribution in [3.63, 3.8) is 0 Å². The number of hydrogen-bond acceptors (Lipinski definition) is 1. The molecule has 4 aliphatic carbocycles. The first-order chi connectivity index (χ1) is 14.3. The summed E-state index contributed by atoms with van der Waals surface area (Å²) in [6.45, 7) is 15.7. The van der Waals surface area contributed by atoms with Crippen LogP contribution in [-0.2, 0) is 4.74 Å². The van der Waals surface area contributed by atoms with Crippen LogP contribution in [0.3, 0.4) is 0 Å². The summed E-state index contributed by atoms with van der Waals surface area (Å²) >= 11 is 0. The predicted octanol–water partition coefficient (Wildman–Crippen LogP) is 8.43. The molecule has 0 aromatic heterocycles. The highest BCUT2D eigenvalue weighted by molar-refractivity contribution is 5.25. The van der Waals surface area contributed by atoms with Gasteiger partial charge in [0.2, 0.25) is 0 Å². The molecule has 0 heterocycles. The quantitative estimate of drug-likeness (QED) is 0.380. The van der Waals surface area contributed by atoms with Gasteiger partial charge in [-0.3, -0.25) is 0 Å². The van der Waals surface area contributed by atoms with Gasteiger partial charge in [0.1, 0.15) is 0 Å². The molecule has 1 heteroatoms. The Morgan fingerprint density at radius 3 is 2.53 bits per heavy atom. The number of ether oxygens (including phenoxy) is 1. The van der Waals surface area contributed by atoms with Crippen LogP contribution in [0.25, 0.3) is 0 Å². The maximum atomic E-state index is 6.04. The first-order valence-corrected chi connectivity index (χ1v) is 13.6. The molecule has 4 unspecified atom stereocenters. The summed E-state index contributed by atoms with van der Waals surface area (Å²) in [5.74, 6) is 5.63. The molecule has 0 spiro atoms. The number of allylic oxidation sites excluding steroid dienone is 1. The van der Waals surface area contributed by atoms with Crippen molar-refractivity contribution < 1.29 is 4.74 Å². The van der Waals surface area contributed by atoms with Crippen LogP contribution in [0.2, 0.25) is 0 Å². The molecule has 0 amide bonds. The molecule has 0 radical (unpaired) electrons. The van der Waals surface area contributed by atoms with Crippen molar-refractivity contribution in [3.8, 4) is 0 Å². The van der Waals surface area contributed by atoms with E-state index in [2.05, 4.69) is 47.6 Å². The fraction of sp³-hybridized carbons (Fsp3) is 0.931. The third-order valence-corrected chi connectivity index (χ3v) is 10.7. The second-order valence-electron chi connectivity index (χ2n) is 12.6. The molecule has 0 bridgehead atoms. The van der Waals surface area contributed by atoms with Crippen molar-refractivity contribution in [2.45, 2.75) is 118 Å². The SMILES string of the molecule is CCOC1CC[C@@]2(C)C(=CCC3C2CC[C@@]2(C)C3CC[C@@H]2[C@H](C)CCCC(C)C)C1. The zero-order valence-electron chi connectivity index (χ0n) is 21.0. The second-order valence-corrected chi connectivity index (χ2v) is 12.6. The van der Waals surface area contributed by atoms with E-state index < -0.39 is 0 Å². The van der Waals surface area contributed by atoms with E-state index in [0.717, 1.165) is 42.1 Å². The minimum absolute atomic E-state index is 0.471. The van der Waals surface area contributed by atoms with Crippen molar-refractivity contribution in [1.29, 1.82) is 0 Å². The lowest BCUT2D eigenvalue weighted by Gasteiger charge is -2.58. The fourth-order valence-corrected chi connectivity index (χ4v) is 9.03. The zero-order valence-corrected chi connectivity index (χ0v) is 21.0. The van der Waals surface area contributed by atoms with Gasteiger partial charge < -0.3 is 4.74 Å². The molecule has 3 fully saturated rings. The molecule has 0 aromatic carbocycles. The van der Waals surface area contributed by atoms with Crippen molar-refractivity contribution in [1.82, 2.24) is 0 Å². The molecular formula is C29H50O. The van der Waals surface area contributed by atoms with Crippen LogP contribution in [0.15, 0.2) is 11.6 Å². The topological polar surface area (TPSA) is 9.23 Å². The molecule has 1 nitrogen and oxygen atoms in total. The highest BCUT2D eigenvalue weighted by atomic mass is 16.5. The summed E-state index contributed by atoms with van der Waals surface area (Å²) in [4.78, 5) is 0. The van der Waals surface area contributed by atoms with Gasteiger partial charge in [-0.15, -0.1) is 0 Å². The first kappa shape index (κ1) is 22.9. The summed E-state index contributed by atoms with van der Waals surface area (Å²) in [5.41, 5.74) is 2.86. The summed E-state index contributed by atoms with van der Waals surface area (Å²) in [5, 5.41) is 0. The van der Waals surface area contributed by atoms with Gasteiger partial charge in [0.25, 0.3) is 0 Å². The van der Waals surface area contributed by atoms with E-state index in [1.54, 1.807) is 5.57 Å². The third kappa shape index (κ3) is 3.95. The van der Waals surface area contributed by atoms with E-state index in [-0.39, 0.29) is 0 Å². The molecule has 8 atom stereocenters. The molecular weight excluding hydrogens is 364 g/mol. The lowest BCUT2D eigenvalue weighted by atomic mass is 9.47. The molecule has 4 aliphatic rings. The van der Waals surface area contributed by atoms with Crippen LogP contribution in [0, 0.1) is 46.3 Å². The average molecular weight is 415 g/mol. The van der Waals surface area contributed by atoms with Crippen LogP contribution in [0.5, 0.6) is 0 Å². The molecule has 4 rings (SSSR count). The Hall–Kier alpha value is -0.300. The lowest BCUT2D eigenvalue weighted by Crippen LogP contribution is -2.51. The predicted molar refractivity (Wildman–Crippen MR) is 128 cm³/mol. The van der Waals surface area contributed by atoms with Crippen molar-refractivity contribution >= 4 is 0 Å². The molecule has 0 N–H and O–H groups in total. The minimum Gasteiger partial charge on any atom is -0.378 e. The van der Waals surface area contributed by atoms with Gasteiger partial charge in [-0.1, -0.05) is 65.5 Å². The van der Waals surface area contributed by atoms with E-state index >= 15 is 0 Å². The molecule has 0 aromatic rings. The Kier molecular flexibility index (Phi) is 6.80. The number of rotatable bonds is 7. The molecule has 172 valence electrons. The maximum Gasteiger partial charge on any atom is 0.0612 e. The fourth-order valence-electron chi connectivity index (χ4n) is 9.03. The van der Waals surface area contributed by atoms with Gasteiger partial charge in [0, 0.05) is 6.61 Å². The van der Waals surface area contributed by atoms with E-state index in [1.165, 1.54) is 70.6 Å². The molecule has 30 heavy (non-hydrogen) atoms. The maximum absolute atomic E-state index is 6.04. The van der Waals surface area contributed by atoms with Gasteiger partial charge in [0.05, 0.1) is 6.10 Å². The molecule has 0 aliphatic heterocycles. The summed E-state index contributed by atoms with van der Waals surface area (Å²) in [6.07, 6.45) is 18.7. The monoisotopic (exact) mass is 414 g/mol. The summed E-state index contributed by atoms with van der Waals surface area (Å²) < 4.78 is 6.04. The van der Waals surface area contributed by atoms with Crippen LogP contribution in [0.1, 0.15) is 112 Å². The van der Waals surface area contributed by atoms with E-state index in [0.29, 0.717) is 16.9 Å². The first-order valence-electron chi connectivity index (χ1n) is 13.6. The van der Waals surface area contributed by atoms with Gasteiger partial charge >= 0.3 is 0 Å². The minimum atomic E-state index is 0.471. The van der Waals surface area contributed by atoms with E-state index in [1.807, 2.05) is 0 Å². The second kappa shape index (κ2) is 8.92. The third-order valence-electron chi connectivity index (χ3n) is 10.7. The number of fused-ring (bicyclic) bond motifs is 5. The Morgan fingerprint density at radius 1 is 1.00 bits per heavy atom. The smallest absolute Gasteiger partial charge is 0.0612 e.